The van der Waals surface area contributed by atoms with Gasteiger partial charge in [-0.3, -0.25) is 4.68 Å². The van der Waals surface area contributed by atoms with Crippen LogP contribution in [0.4, 0.5) is 0 Å². The van der Waals surface area contributed by atoms with Gasteiger partial charge in [-0.15, -0.1) is 0 Å². The molecule has 1 unspecified atom stereocenters. The highest BCUT2D eigenvalue weighted by molar-refractivity contribution is 9.10. The number of aryl methyl sites for hydroxylation is 2. The normalized spacial score (nSPS) is 12.6. The van der Waals surface area contributed by atoms with Crippen molar-refractivity contribution in [1.29, 1.82) is 0 Å². The Morgan fingerprint density at radius 2 is 1.86 bits per heavy atom. The first-order valence-electron chi connectivity index (χ1n) is 7.21. The zero-order valence-electron chi connectivity index (χ0n) is 12.3. The van der Waals surface area contributed by atoms with Crippen molar-refractivity contribution in [3.63, 3.8) is 0 Å². The molecule has 0 bridgehead atoms. The van der Waals surface area contributed by atoms with E-state index in [1.165, 1.54) is 0 Å². The predicted octanol–water partition coefficient (Wildman–Crippen LogP) is 4.31. The highest BCUT2D eigenvalue weighted by atomic mass is 79.9. The van der Waals surface area contributed by atoms with Crippen LogP contribution < -0.4 is 0 Å². The molecule has 0 saturated heterocycles. The summed E-state index contributed by atoms with van der Waals surface area (Å²) in [6.07, 6.45) is 1.68. The quantitative estimate of drug-likeness (QED) is 0.763. The topological polar surface area (TPSA) is 38.0 Å². The Hall–Kier alpha value is -0.650. The van der Waals surface area contributed by atoms with Crippen molar-refractivity contribution in [2.75, 3.05) is 6.61 Å². The Labute approximate surface area is 142 Å². The zero-order chi connectivity index (χ0) is 15.4. The van der Waals surface area contributed by atoms with Crippen molar-refractivity contribution in [1.82, 2.24) is 9.78 Å². The maximum absolute atomic E-state index is 9.77. The van der Waals surface area contributed by atoms with E-state index >= 15 is 0 Å². The number of aliphatic hydroxyl groups is 1. The van der Waals surface area contributed by atoms with E-state index in [0.717, 1.165) is 45.3 Å². The summed E-state index contributed by atoms with van der Waals surface area (Å²) in [6.45, 7) is 5.17. The predicted molar refractivity (Wildman–Crippen MR) is 92.7 cm³/mol. The summed E-state index contributed by atoms with van der Waals surface area (Å²) in [4.78, 5) is 0. The zero-order valence-corrected chi connectivity index (χ0v) is 15.5. The molecule has 0 fully saturated rings. The fraction of sp³-hybridized carbons (Fsp3) is 0.438. The number of hydrogen-bond acceptors (Lipinski definition) is 2. The molecule has 3 nitrogen and oxygen atoms in total. The van der Waals surface area contributed by atoms with Crippen molar-refractivity contribution in [2.24, 2.45) is 0 Å². The van der Waals surface area contributed by atoms with Gasteiger partial charge in [0.25, 0.3) is 0 Å². The van der Waals surface area contributed by atoms with Gasteiger partial charge >= 0.3 is 0 Å². The van der Waals surface area contributed by atoms with Gasteiger partial charge in [-0.2, -0.15) is 5.10 Å². The first kappa shape index (κ1) is 16.7. The lowest BCUT2D eigenvalue weighted by Gasteiger charge is -2.16. The Kier molecular flexibility index (Phi) is 6.02. The van der Waals surface area contributed by atoms with Crippen LogP contribution in [0.25, 0.3) is 0 Å². The average molecular weight is 416 g/mol. The SMILES string of the molecule is CCc1nn(CC)c(CC(CO)c2ccc(Br)cc2)c1Br. The van der Waals surface area contributed by atoms with E-state index < -0.39 is 0 Å². The van der Waals surface area contributed by atoms with E-state index in [4.69, 9.17) is 0 Å². The second-order valence-electron chi connectivity index (χ2n) is 5.01. The Bertz CT molecular complexity index is 593. The summed E-state index contributed by atoms with van der Waals surface area (Å²) < 4.78 is 4.17. The minimum Gasteiger partial charge on any atom is -0.396 e. The monoisotopic (exact) mass is 414 g/mol. The van der Waals surface area contributed by atoms with Gasteiger partial charge in [0.05, 0.1) is 22.5 Å². The van der Waals surface area contributed by atoms with E-state index in [0.29, 0.717) is 0 Å². The van der Waals surface area contributed by atoms with Crippen LogP contribution >= 0.6 is 31.9 Å². The molecule has 0 saturated carbocycles. The molecule has 5 heteroatoms. The van der Waals surface area contributed by atoms with E-state index in [1.54, 1.807) is 0 Å². The standard InChI is InChI=1S/C16H20Br2N2O/c1-3-14-16(18)15(20(4-2)19-14)9-12(10-21)11-5-7-13(17)8-6-11/h5-8,12,21H,3-4,9-10H2,1-2H3. The first-order chi connectivity index (χ1) is 10.1. The van der Waals surface area contributed by atoms with Crippen LogP contribution in [0.15, 0.2) is 33.2 Å². The number of rotatable bonds is 6. The lowest BCUT2D eigenvalue weighted by Crippen LogP contribution is -2.12. The minimum atomic E-state index is 0.0844. The number of benzene rings is 1. The van der Waals surface area contributed by atoms with Gasteiger partial charge in [-0.25, -0.2) is 0 Å². The van der Waals surface area contributed by atoms with Crippen LogP contribution in [0.2, 0.25) is 0 Å². The second kappa shape index (κ2) is 7.56. The molecule has 21 heavy (non-hydrogen) atoms. The molecule has 1 heterocycles. The summed E-state index contributed by atoms with van der Waals surface area (Å²) in [6, 6.07) is 8.15. The van der Waals surface area contributed by atoms with Crippen LogP contribution in [0.1, 0.15) is 36.7 Å². The third kappa shape index (κ3) is 3.76. The Morgan fingerprint density at radius 1 is 1.19 bits per heavy atom. The van der Waals surface area contributed by atoms with E-state index in [1.807, 2.05) is 16.8 Å². The number of hydrogen-bond donors (Lipinski definition) is 1. The number of halogens is 2. The third-order valence-corrected chi connectivity index (χ3v) is 5.14. The van der Waals surface area contributed by atoms with Gasteiger partial charge in [-0.05, 0) is 53.4 Å². The molecule has 1 atom stereocenters. The first-order valence-corrected chi connectivity index (χ1v) is 8.79. The Morgan fingerprint density at radius 3 is 2.38 bits per heavy atom. The molecule has 2 rings (SSSR count). The van der Waals surface area contributed by atoms with Gasteiger partial charge < -0.3 is 5.11 Å². The van der Waals surface area contributed by atoms with Crippen LogP contribution in [0.3, 0.4) is 0 Å². The molecule has 2 aromatic rings. The minimum absolute atomic E-state index is 0.0844. The highest BCUT2D eigenvalue weighted by Crippen LogP contribution is 2.29. The molecule has 1 aromatic carbocycles. The van der Waals surface area contributed by atoms with Crippen molar-refractivity contribution in [2.45, 2.75) is 39.2 Å². The van der Waals surface area contributed by atoms with Gasteiger partial charge in [0.1, 0.15) is 0 Å². The molecule has 0 aliphatic rings. The lowest BCUT2D eigenvalue weighted by atomic mass is 9.95. The summed E-state index contributed by atoms with van der Waals surface area (Å²) in [5, 5.41) is 14.4. The molecule has 0 amide bonds. The maximum atomic E-state index is 9.77. The average Bonchev–Trinajstić information content (AvgIpc) is 2.81. The largest absolute Gasteiger partial charge is 0.396 e. The lowest BCUT2D eigenvalue weighted by molar-refractivity contribution is 0.262. The highest BCUT2D eigenvalue weighted by Gasteiger charge is 2.19. The van der Waals surface area contributed by atoms with Crippen LogP contribution in [-0.2, 0) is 19.4 Å². The summed E-state index contributed by atoms with van der Waals surface area (Å²) in [5.74, 6) is 0.0844. The summed E-state index contributed by atoms with van der Waals surface area (Å²) in [7, 11) is 0. The molecular formula is C16H20Br2N2O. The molecule has 0 radical (unpaired) electrons. The summed E-state index contributed by atoms with van der Waals surface area (Å²) >= 11 is 7.12. The molecule has 1 N–H and O–H groups in total. The van der Waals surface area contributed by atoms with Gasteiger partial charge in [0.2, 0.25) is 0 Å². The second-order valence-corrected chi connectivity index (χ2v) is 6.72. The Balaban J connectivity index is 2.30. The van der Waals surface area contributed by atoms with Crippen molar-refractivity contribution >= 4 is 31.9 Å². The van der Waals surface area contributed by atoms with Gasteiger partial charge in [0, 0.05) is 16.9 Å². The van der Waals surface area contributed by atoms with Crippen LogP contribution in [0.5, 0.6) is 0 Å². The number of aliphatic hydroxyl groups excluding tert-OH is 1. The van der Waals surface area contributed by atoms with Crippen molar-refractivity contribution < 1.29 is 5.11 Å². The fourth-order valence-corrected chi connectivity index (χ4v) is 3.46. The number of nitrogens with zero attached hydrogens (tertiary/aromatic N) is 2. The van der Waals surface area contributed by atoms with Crippen LogP contribution in [0, 0.1) is 0 Å². The van der Waals surface area contributed by atoms with Crippen molar-refractivity contribution in [3.05, 3.63) is 50.2 Å². The molecule has 0 spiro atoms. The smallest absolute Gasteiger partial charge is 0.0766 e. The molecule has 0 aliphatic heterocycles. The molecule has 114 valence electrons. The van der Waals surface area contributed by atoms with E-state index in [2.05, 4.69) is 62.9 Å². The van der Waals surface area contributed by atoms with Crippen LogP contribution in [-0.4, -0.2) is 21.5 Å². The van der Waals surface area contributed by atoms with Gasteiger partial charge in [-0.1, -0.05) is 35.0 Å². The van der Waals surface area contributed by atoms with E-state index in [9.17, 15) is 5.11 Å². The number of aromatic nitrogens is 2. The molecule has 0 aliphatic carbocycles. The van der Waals surface area contributed by atoms with E-state index in [-0.39, 0.29) is 12.5 Å². The van der Waals surface area contributed by atoms with Crippen molar-refractivity contribution in [3.8, 4) is 0 Å². The maximum Gasteiger partial charge on any atom is 0.0766 e. The fourth-order valence-electron chi connectivity index (χ4n) is 2.47. The third-order valence-electron chi connectivity index (χ3n) is 3.70. The van der Waals surface area contributed by atoms with Gasteiger partial charge in [0.15, 0.2) is 0 Å². The molecule has 1 aromatic heterocycles. The molecular weight excluding hydrogens is 396 g/mol. The summed E-state index contributed by atoms with van der Waals surface area (Å²) in [5.41, 5.74) is 3.39.